The fraction of sp³-hybridized carbons (Fsp3) is 0.556. The van der Waals surface area contributed by atoms with E-state index in [1.807, 2.05) is 23.1 Å². The van der Waals surface area contributed by atoms with Gasteiger partial charge in [0.1, 0.15) is 5.52 Å². The molecule has 2 fully saturated rings. The van der Waals surface area contributed by atoms with Crippen molar-refractivity contribution in [3.05, 3.63) is 30.1 Å². The minimum atomic E-state index is 0.0442. The number of carbonyl (C=O) groups is 1. The molecule has 128 valence electrons. The van der Waals surface area contributed by atoms with Gasteiger partial charge in [-0.3, -0.25) is 4.79 Å². The van der Waals surface area contributed by atoms with Crippen LogP contribution >= 0.6 is 0 Å². The second kappa shape index (κ2) is 6.53. The number of methoxy groups -OCH3 is 1. The smallest absolute Gasteiger partial charge is 0.256 e. The number of nitrogens with zero attached hydrogens (tertiary/aromatic N) is 2. The number of aromatic nitrogens is 2. The summed E-state index contributed by atoms with van der Waals surface area (Å²) >= 11 is 0. The van der Waals surface area contributed by atoms with Crippen LogP contribution in [0, 0.1) is 5.92 Å². The number of morpholine rings is 1. The molecule has 4 rings (SSSR count). The Balaban J connectivity index is 1.65. The van der Waals surface area contributed by atoms with E-state index in [1.165, 1.54) is 0 Å². The third-order valence-corrected chi connectivity index (χ3v) is 5.41. The molecule has 0 spiro atoms. The summed E-state index contributed by atoms with van der Waals surface area (Å²) < 4.78 is 11.4. The van der Waals surface area contributed by atoms with E-state index in [1.54, 1.807) is 13.4 Å². The molecule has 6 heteroatoms. The van der Waals surface area contributed by atoms with Gasteiger partial charge in [0, 0.05) is 19.6 Å². The zero-order chi connectivity index (χ0) is 16.5. The van der Waals surface area contributed by atoms with Crippen LogP contribution < -0.4 is 0 Å². The molecule has 1 saturated carbocycles. The first kappa shape index (κ1) is 15.6. The van der Waals surface area contributed by atoms with E-state index in [0.717, 1.165) is 30.3 Å². The van der Waals surface area contributed by atoms with Crippen molar-refractivity contribution in [3.8, 4) is 0 Å². The number of nitrogens with one attached hydrogen (secondary N) is 1. The van der Waals surface area contributed by atoms with Gasteiger partial charge >= 0.3 is 0 Å². The lowest BCUT2D eigenvalue weighted by Gasteiger charge is -2.40. The molecule has 1 aliphatic heterocycles. The van der Waals surface area contributed by atoms with Crippen molar-refractivity contribution in [2.24, 2.45) is 5.92 Å². The minimum Gasteiger partial charge on any atom is -0.381 e. The molecule has 1 saturated heterocycles. The van der Waals surface area contributed by atoms with E-state index in [-0.39, 0.29) is 18.1 Å². The Bertz CT molecular complexity index is 729. The van der Waals surface area contributed by atoms with Crippen LogP contribution in [0.4, 0.5) is 0 Å². The highest BCUT2D eigenvalue weighted by molar-refractivity contribution is 6.04. The van der Waals surface area contributed by atoms with E-state index in [0.29, 0.717) is 31.2 Å². The van der Waals surface area contributed by atoms with E-state index in [2.05, 4.69) is 9.97 Å². The van der Waals surface area contributed by atoms with Crippen LogP contribution in [-0.2, 0) is 9.47 Å². The maximum atomic E-state index is 13.2. The zero-order valence-corrected chi connectivity index (χ0v) is 13.9. The maximum Gasteiger partial charge on any atom is 0.256 e. The second-order valence-corrected chi connectivity index (χ2v) is 6.61. The normalized spacial score (nSPS) is 27.7. The molecule has 24 heavy (non-hydrogen) atoms. The lowest BCUT2D eigenvalue weighted by atomic mass is 9.93. The van der Waals surface area contributed by atoms with Crippen molar-refractivity contribution in [1.29, 1.82) is 0 Å². The number of ether oxygens (including phenoxy) is 2. The topological polar surface area (TPSA) is 67.5 Å². The Morgan fingerprint density at radius 2 is 2.33 bits per heavy atom. The molecule has 1 N–H and O–H groups in total. The van der Waals surface area contributed by atoms with E-state index >= 15 is 0 Å². The Kier molecular flexibility index (Phi) is 4.24. The zero-order valence-electron chi connectivity index (χ0n) is 13.9. The average molecular weight is 329 g/mol. The number of hydrogen-bond acceptors (Lipinski definition) is 4. The monoisotopic (exact) mass is 329 g/mol. The second-order valence-electron chi connectivity index (χ2n) is 6.61. The molecular weight excluding hydrogens is 306 g/mol. The molecule has 6 nitrogen and oxygen atoms in total. The first-order valence-electron chi connectivity index (χ1n) is 8.63. The molecule has 0 unspecified atom stereocenters. The highest BCUT2D eigenvalue weighted by Crippen LogP contribution is 2.34. The molecule has 2 aromatic rings. The molecule has 2 heterocycles. The van der Waals surface area contributed by atoms with Crippen molar-refractivity contribution in [2.45, 2.75) is 31.4 Å². The summed E-state index contributed by atoms with van der Waals surface area (Å²) in [4.78, 5) is 22.6. The number of H-pyrrole nitrogens is 1. The van der Waals surface area contributed by atoms with Crippen molar-refractivity contribution < 1.29 is 14.3 Å². The fourth-order valence-corrected chi connectivity index (χ4v) is 4.21. The lowest BCUT2D eigenvalue weighted by molar-refractivity contribution is -0.0459. The highest BCUT2D eigenvalue weighted by Gasteiger charge is 2.40. The molecule has 0 bridgehead atoms. The summed E-state index contributed by atoms with van der Waals surface area (Å²) in [6, 6.07) is 5.78. The van der Waals surface area contributed by atoms with Crippen LogP contribution in [0.25, 0.3) is 11.0 Å². The summed E-state index contributed by atoms with van der Waals surface area (Å²) in [5.41, 5.74) is 2.29. The molecule has 2 aliphatic rings. The number of benzene rings is 1. The van der Waals surface area contributed by atoms with Crippen molar-refractivity contribution in [3.63, 3.8) is 0 Å². The Morgan fingerprint density at radius 3 is 3.21 bits per heavy atom. The first-order valence-corrected chi connectivity index (χ1v) is 8.63. The van der Waals surface area contributed by atoms with Gasteiger partial charge in [0.15, 0.2) is 0 Å². The Morgan fingerprint density at radius 1 is 1.42 bits per heavy atom. The minimum absolute atomic E-state index is 0.0442. The molecule has 0 radical (unpaired) electrons. The number of hydrogen-bond donors (Lipinski definition) is 1. The van der Waals surface area contributed by atoms with E-state index in [9.17, 15) is 4.79 Å². The van der Waals surface area contributed by atoms with Crippen LogP contribution in [0.2, 0.25) is 0 Å². The van der Waals surface area contributed by atoms with Gasteiger partial charge in [-0.15, -0.1) is 0 Å². The molecule has 1 aromatic carbocycles. The summed E-state index contributed by atoms with van der Waals surface area (Å²) in [6.45, 7) is 1.80. The standard InChI is InChI=1S/C18H23N3O3/c1-23-16-7-3-4-12(16)15-10-24-9-8-21(15)18(22)13-5-2-6-14-17(13)20-11-19-14/h2,5-6,11-12,15-16H,3-4,7-10H2,1H3,(H,19,20)/t12-,15-,16-/m1/s1. The number of rotatable bonds is 3. The molecular formula is C18H23N3O3. The fourth-order valence-electron chi connectivity index (χ4n) is 4.21. The van der Waals surface area contributed by atoms with Gasteiger partial charge < -0.3 is 19.4 Å². The van der Waals surface area contributed by atoms with Gasteiger partial charge in [-0.05, 0) is 25.0 Å². The third-order valence-electron chi connectivity index (χ3n) is 5.41. The Labute approximate surface area is 141 Å². The van der Waals surface area contributed by atoms with Crippen LogP contribution in [0.15, 0.2) is 24.5 Å². The molecule has 1 amide bonds. The van der Waals surface area contributed by atoms with Crippen molar-refractivity contribution >= 4 is 16.9 Å². The van der Waals surface area contributed by atoms with E-state index < -0.39 is 0 Å². The van der Waals surface area contributed by atoms with Gasteiger partial charge in [0.2, 0.25) is 0 Å². The Hall–Kier alpha value is -1.92. The highest BCUT2D eigenvalue weighted by atomic mass is 16.5. The van der Waals surface area contributed by atoms with E-state index in [4.69, 9.17) is 9.47 Å². The predicted molar refractivity (Wildman–Crippen MR) is 89.9 cm³/mol. The summed E-state index contributed by atoms with van der Waals surface area (Å²) in [6.07, 6.45) is 5.15. The van der Waals surface area contributed by atoms with Gasteiger partial charge in [0.25, 0.3) is 5.91 Å². The number of carbonyl (C=O) groups excluding carboxylic acids is 1. The number of amides is 1. The number of para-hydroxylation sites is 1. The summed E-state index contributed by atoms with van der Waals surface area (Å²) in [7, 11) is 1.77. The largest absolute Gasteiger partial charge is 0.381 e. The SMILES string of the molecule is CO[C@@H]1CCC[C@@H]1[C@H]1COCCN1C(=O)c1cccc2[nH]cnc12. The number of fused-ring (bicyclic) bond motifs is 1. The van der Waals surface area contributed by atoms with Crippen molar-refractivity contribution in [1.82, 2.24) is 14.9 Å². The van der Waals surface area contributed by atoms with Crippen molar-refractivity contribution in [2.75, 3.05) is 26.9 Å². The number of aromatic amines is 1. The van der Waals surface area contributed by atoms with Gasteiger partial charge in [-0.25, -0.2) is 4.98 Å². The molecule has 1 aromatic heterocycles. The third kappa shape index (κ3) is 2.59. The quantitative estimate of drug-likeness (QED) is 0.937. The van der Waals surface area contributed by atoms with Gasteiger partial charge in [-0.1, -0.05) is 12.5 Å². The summed E-state index contributed by atoms with van der Waals surface area (Å²) in [5, 5.41) is 0. The molecule has 1 aliphatic carbocycles. The van der Waals surface area contributed by atoms with Gasteiger partial charge in [-0.2, -0.15) is 0 Å². The van der Waals surface area contributed by atoms with Crippen LogP contribution in [0.3, 0.4) is 0 Å². The van der Waals surface area contributed by atoms with Gasteiger partial charge in [0.05, 0.1) is 42.8 Å². The van der Waals surface area contributed by atoms with Crippen LogP contribution in [0.5, 0.6) is 0 Å². The lowest BCUT2D eigenvalue weighted by Crippen LogP contribution is -2.53. The van der Waals surface area contributed by atoms with Crippen LogP contribution in [0.1, 0.15) is 29.6 Å². The van der Waals surface area contributed by atoms with Crippen LogP contribution in [-0.4, -0.2) is 59.8 Å². The molecule has 3 atom stereocenters. The predicted octanol–water partition coefficient (Wildman–Crippen LogP) is 2.22. The summed E-state index contributed by atoms with van der Waals surface area (Å²) in [5.74, 6) is 0.389. The first-order chi connectivity index (χ1) is 11.8. The number of imidazole rings is 1. The average Bonchev–Trinajstić information content (AvgIpc) is 3.29. The maximum absolute atomic E-state index is 13.2.